The number of ether oxygens (including phenoxy) is 2. The average molecular weight is 433 g/mol. The molecule has 7 nitrogen and oxygen atoms in total. The van der Waals surface area contributed by atoms with Crippen molar-refractivity contribution in [3.8, 4) is 11.6 Å². The van der Waals surface area contributed by atoms with Crippen LogP contribution in [-0.2, 0) is 4.79 Å². The molecule has 1 aliphatic carbocycles. The highest BCUT2D eigenvalue weighted by molar-refractivity contribution is 5.76. The van der Waals surface area contributed by atoms with Gasteiger partial charge in [-0.05, 0) is 49.6 Å². The summed E-state index contributed by atoms with van der Waals surface area (Å²) in [4.78, 5) is 27.7. The second kappa shape index (κ2) is 8.73. The van der Waals surface area contributed by atoms with Crippen LogP contribution in [0.15, 0.2) is 42.7 Å². The van der Waals surface area contributed by atoms with Gasteiger partial charge < -0.3 is 14.4 Å². The van der Waals surface area contributed by atoms with Crippen LogP contribution in [0.3, 0.4) is 0 Å². The second-order valence-corrected chi connectivity index (χ2v) is 8.76. The Balaban J connectivity index is 1.34. The molecule has 166 valence electrons. The van der Waals surface area contributed by atoms with Crippen LogP contribution in [0.1, 0.15) is 49.3 Å². The van der Waals surface area contributed by atoms with Crippen molar-refractivity contribution in [2.45, 2.75) is 38.0 Å². The summed E-state index contributed by atoms with van der Waals surface area (Å²) in [5.41, 5.74) is 3.83. The Hall–Kier alpha value is -3.22. The van der Waals surface area contributed by atoms with E-state index in [4.69, 9.17) is 14.5 Å². The molecule has 0 aromatic carbocycles. The number of aromatic nitrogens is 3. The second-order valence-electron chi connectivity index (χ2n) is 8.76. The number of fused-ring (bicyclic) bond motifs is 1. The number of piperidine rings is 1. The predicted molar refractivity (Wildman–Crippen MR) is 121 cm³/mol. The molecule has 0 spiro atoms. The molecule has 1 aliphatic heterocycles. The van der Waals surface area contributed by atoms with Crippen LogP contribution < -0.4 is 9.47 Å². The van der Waals surface area contributed by atoms with Crippen LogP contribution in [0, 0.1) is 5.92 Å². The van der Waals surface area contributed by atoms with E-state index in [1.54, 1.807) is 26.4 Å². The number of likely N-dealkylation sites (tertiary alicyclic amines) is 1. The molecule has 1 saturated heterocycles. The molecule has 2 fully saturated rings. The number of hydrogen-bond donors (Lipinski definition) is 0. The first-order chi connectivity index (χ1) is 15.6. The van der Waals surface area contributed by atoms with Gasteiger partial charge in [-0.2, -0.15) is 0 Å². The van der Waals surface area contributed by atoms with Crippen molar-refractivity contribution in [3.63, 3.8) is 0 Å². The van der Waals surface area contributed by atoms with E-state index in [1.807, 2.05) is 29.2 Å². The summed E-state index contributed by atoms with van der Waals surface area (Å²) in [6, 6.07) is 9.94. The molecule has 1 saturated carbocycles. The maximum Gasteiger partial charge on any atom is 0.219 e. The van der Waals surface area contributed by atoms with Gasteiger partial charge in [-0.3, -0.25) is 14.8 Å². The lowest BCUT2D eigenvalue weighted by Gasteiger charge is -2.32. The zero-order valence-electron chi connectivity index (χ0n) is 18.5. The van der Waals surface area contributed by atoms with Crippen molar-refractivity contribution in [2.75, 3.05) is 26.8 Å². The van der Waals surface area contributed by atoms with E-state index < -0.39 is 0 Å². The monoisotopic (exact) mass is 432 g/mol. The highest BCUT2D eigenvalue weighted by Gasteiger charge is 2.40. The Bertz CT molecular complexity index is 1120. The lowest BCUT2D eigenvalue weighted by atomic mass is 9.91. The van der Waals surface area contributed by atoms with Gasteiger partial charge >= 0.3 is 0 Å². The molecule has 0 N–H and O–H groups in total. The summed E-state index contributed by atoms with van der Waals surface area (Å²) in [6.45, 7) is 3.77. The predicted octanol–water partition coefficient (Wildman–Crippen LogP) is 3.94. The summed E-state index contributed by atoms with van der Waals surface area (Å²) in [6.07, 6.45) is 6.62. The van der Waals surface area contributed by atoms with E-state index in [2.05, 4.69) is 16.0 Å². The average Bonchev–Trinajstić information content (AvgIpc) is 3.62. The first-order valence-electron chi connectivity index (χ1n) is 11.3. The van der Waals surface area contributed by atoms with Crippen LogP contribution >= 0.6 is 0 Å². The zero-order chi connectivity index (χ0) is 22.1. The number of methoxy groups -OCH3 is 1. The molecule has 4 heterocycles. The Morgan fingerprint density at radius 1 is 1.22 bits per heavy atom. The molecule has 1 amide bonds. The summed E-state index contributed by atoms with van der Waals surface area (Å²) in [7, 11) is 1.65. The van der Waals surface area contributed by atoms with E-state index in [1.165, 1.54) is 0 Å². The molecule has 3 aromatic rings. The minimum Gasteiger partial charge on any atom is -0.495 e. The first kappa shape index (κ1) is 20.7. The van der Waals surface area contributed by atoms with Gasteiger partial charge in [0, 0.05) is 55.2 Å². The quantitative estimate of drug-likeness (QED) is 0.587. The van der Waals surface area contributed by atoms with Gasteiger partial charge in [0.2, 0.25) is 11.8 Å². The van der Waals surface area contributed by atoms with Gasteiger partial charge in [0.1, 0.15) is 5.75 Å². The molecule has 0 bridgehead atoms. The fourth-order valence-electron chi connectivity index (χ4n) is 4.63. The van der Waals surface area contributed by atoms with Crippen LogP contribution in [-0.4, -0.2) is 52.6 Å². The molecule has 7 heteroatoms. The number of carbonyl (C=O) groups is 1. The number of amides is 1. The largest absolute Gasteiger partial charge is 0.495 e. The summed E-state index contributed by atoms with van der Waals surface area (Å²) < 4.78 is 11.5. The minimum atomic E-state index is 0.122. The minimum absolute atomic E-state index is 0.122. The Kier molecular flexibility index (Phi) is 5.64. The summed E-state index contributed by atoms with van der Waals surface area (Å²) >= 11 is 0. The smallest absolute Gasteiger partial charge is 0.219 e. The van der Waals surface area contributed by atoms with Crippen molar-refractivity contribution in [1.29, 1.82) is 0 Å². The maximum absolute atomic E-state index is 12.0. The number of hydrogen-bond acceptors (Lipinski definition) is 6. The van der Waals surface area contributed by atoms with Gasteiger partial charge in [-0.25, -0.2) is 4.98 Å². The fraction of sp³-hybridized carbons (Fsp3) is 0.440. The number of carbonyl (C=O) groups excluding carboxylic acids is 1. The van der Waals surface area contributed by atoms with Gasteiger partial charge in [0.15, 0.2) is 0 Å². The van der Waals surface area contributed by atoms with Gasteiger partial charge in [-0.15, -0.1) is 0 Å². The third-order valence-corrected chi connectivity index (χ3v) is 6.62. The van der Waals surface area contributed by atoms with Crippen molar-refractivity contribution in [3.05, 3.63) is 54.0 Å². The standard InChI is InChI=1S/C25H28N4O3/c1-16(30)29-10-4-5-17(14-29)21-12-24-23(6-3-9-26-24)28-25(21)32-15-18-11-20(18)22-8-7-19(31-2)13-27-22/h3,6-9,12-13,17-18,20H,4-5,10-11,14-15H2,1-2H3. The van der Waals surface area contributed by atoms with Crippen molar-refractivity contribution < 1.29 is 14.3 Å². The SMILES string of the molecule is COc1ccc(C2CC2COc2nc3cccnc3cc2C2CCCN(C(C)=O)C2)nc1. The highest BCUT2D eigenvalue weighted by atomic mass is 16.5. The fourth-order valence-corrected chi connectivity index (χ4v) is 4.63. The van der Waals surface area contributed by atoms with Crippen molar-refractivity contribution in [2.24, 2.45) is 5.92 Å². The molecule has 3 aromatic heterocycles. The summed E-state index contributed by atoms with van der Waals surface area (Å²) in [5.74, 6) is 2.61. The Morgan fingerprint density at radius 3 is 2.91 bits per heavy atom. The third kappa shape index (κ3) is 4.24. The molecule has 2 aliphatic rings. The van der Waals surface area contributed by atoms with E-state index in [9.17, 15) is 4.79 Å². The maximum atomic E-state index is 12.0. The summed E-state index contributed by atoms with van der Waals surface area (Å²) in [5, 5.41) is 0. The normalized spacial score (nSPS) is 22.6. The van der Waals surface area contributed by atoms with E-state index >= 15 is 0 Å². The lowest BCUT2D eigenvalue weighted by Crippen LogP contribution is -2.37. The topological polar surface area (TPSA) is 77.4 Å². The molecule has 32 heavy (non-hydrogen) atoms. The zero-order valence-corrected chi connectivity index (χ0v) is 18.5. The molecule has 3 atom stereocenters. The van der Waals surface area contributed by atoms with Crippen LogP contribution in [0.5, 0.6) is 11.6 Å². The molecule has 3 unspecified atom stereocenters. The van der Waals surface area contributed by atoms with E-state index in [0.29, 0.717) is 30.9 Å². The van der Waals surface area contributed by atoms with Crippen molar-refractivity contribution in [1.82, 2.24) is 19.9 Å². The third-order valence-electron chi connectivity index (χ3n) is 6.62. The lowest BCUT2D eigenvalue weighted by molar-refractivity contribution is -0.130. The van der Waals surface area contributed by atoms with E-state index in [-0.39, 0.29) is 11.8 Å². The molecular formula is C25H28N4O3. The Morgan fingerprint density at radius 2 is 2.12 bits per heavy atom. The van der Waals surface area contributed by atoms with Crippen molar-refractivity contribution >= 4 is 16.9 Å². The van der Waals surface area contributed by atoms with Gasteiger partial charge in [0.25, 0.3) is 0 Å². The van der Waals surface area contributed by atoms with Crippen LogP contribution in [0.25, 0.3) is 11.0 Å². The highest BCUT2D eigenvalue weighted by Crippen LogP contribution is 2.47. The van der Waals surface area contributed by atoms with E-state index in [0.717, 1.165) is 53.8 Å². The molecule has 0 radical (unpaired) electrons. The number of pyridine rings is 3. The first-order valence-corrected chi connectivity index (χ1v) is 11.3. The number of rotatable bonds is 6. The number of nitrogens with zero attached hydrogens (tertiary/aromatic N) is 4. The van der Waals surface area contributed by atoms with Crippen LogP contribution in [0.4, 0.5) is 0 Å². The van der Waals surface area contributed by atoms with Gasteiger partial charge in [0.05, 0.1) is 30.9 Å². The molecule has 5 rings (SSSR count). The van der Waals surface area contributed by atoms with Gasteiger partial charge in [-0.1, -0.05) is 0 Å². The van der Waals surface area contributed by atoms with Crippen LogP contribution in [0.2, 0.25) is 0 Å². The molecular weight excluding hydrogens is 404 g/mol. The Labute approximate surface area is 187 Å².